The summed E-state index contributed by atoms with van der Waals surface area (Å²) >= 11 is 1.30. The van der Waals surface area contributed by atoms with Gasteiger partial charge < -0.3 is 19.7 Å². The molecule has 1 aromatic carbocycles. The lowest BCUT2D eigenvalue weighted by Gasteiger charge is -2.25. The predicted octanol–water partition coefficient (Wildman–Crippen LogP) is 2.70. The predicted molar refractivity (Wildman–Crippen MR) is 101 cm³/mol. The summed E-state index contributed by atoms with van der Waals surface area (Å²) in [6.07, 6.45) is 0.547. The molecule has 7 nitrogen and oxygen atoms in total. The molecule has 0 fully saturated rings. The molecule has 1 aliphatic heterocycles. The van der Waals surface area contributed by atoms with Gasteiger partial charge >= 0.3 is 5.97 Å². The Morgan fingerprint density at radius 3 is 2.67 bits per heavy atom. The number of carbonyl (C=O) groups is 3. The molecule has 0 saturated carbocycles. The van der Waals surface area contributed by atoms with Crippen molar-refractivity contribution >= 4 is 34.1 Å². The number of methoxy groups -OCH3 is 2. The van der Waals surface area contributed by atoms with Crippen molar-refractivity contribution in [3.8, 4) is 5.75 Å². The molecule has 0 aliphatic carbocycles. The zero-order valence-electron chi connectivity index (χ0n) is 15.3. The third-order valence-corrected chi connectivity index (χ3v) is 5.58. The topological polar surface area (TPSA) is 84.9 Å². The number of amides is 2. The summed E-state index contributed by atoms with van der Waals surface area (Å²) in [5.74, 6) is -0.292. The summed E-state index contributed by atoms with van der Waals surface area (Å²) < 4.78 is 10.1. The molecule has 2 amide bonds. The van der Waals surface area contributed by atoms with Crippen molar-refractivity contribution in [2.45, 2.75) is 19.9 Å². The SMILES string of the molecule is COC(=O)c1c(NC(=O)c2cccc(OC)c2)sc2c1CCN(C(C)=O)C2. The van der Waals surface area contributed by atoms with Gasteiger partial charge in [-0.15, -0.1) is 11.3 Å². The monoisotopic (exact) mass is 388 g/mol. The van der Waals surface area contributed by atoms with Crippen LogP contribution in [0.4, 0.5) is 5.00 Å². The molecule has 27 heavy (non-hydrogen) atoms. The first-order valence-electron chi connectivity index (χ1n) is 8.38. The number of nitrogens with one attached hydrogen (secondary N) is 1. The summed E-state index contributed by atoms with van der Waals surface area (Å²) in [5.41, 5.74) is 1.63. The second-order valence-electron chi connectivity index (χ2n) is 6.08. The Labute approximate surface area is 160 Å². The third kappa shape index (κ3) is 3.80. The highest BCUT2D eigenvalue weighted by Crippen LogP contribution is 2.38. The van der Waals surface area contributed by atoms with Gasteiger partial charge in [-0.25, -0.2) is 4.79 Å². The third-order valence-electron chi connectivity index (χ3n) is 4.45. The fourth-order valence-corrected chi connectivity index (χ4v) is 4.26. The maximum absolute atomic E-state index is 12.7. The largest absolute Gasteiger partial charge is 0.497 e. The number of hydrogen-bond donors (Lipinski definition) is 1. The van der Waals surface area contributed by atoms with Crippen molar-refractivity contribution in [3.63, 3.8) is 0 Å². The van der Waals surface area contributed by atoms with Gasteiger partial charge in [0, 0.05) is 23.9 Å². The molecule has 0 atom stereocenters. The fourth-order valence-electron chi connectivity index (χ4n) is 3.02. The number of fused-ring (bicyclic) bond motifs is 1. The molecule has 1 aliphatic rings. The summed E-state index contributed by atoms with van der Waals surface area (Å²) in [6.45, 7) is 2.48. The van der Waals surface area contributed by atoms with Crippen LogP contribution in [0, 0.1) is 0 Å². The highest BCUT2D eigenvalue weighted by atomic mass is 32.1. The number of benzene rings is 1. The van der Waals surface area contributed by atoms with E-state index in [2.05, 4.69) is 5.32 Å². The van der Waals surface area contributed by atoms with Crippen molar-refractivity contribution < 1.29 is 23.9 Å². The van der Waals surface area contributed by atoms with Gasteiger partial charge in [0.2, 0.25) is 5.91 Å². The molecule has 0 saturated heterocycles. The van der Waals surface area contributed by atoms with Crippen molar-refractivity contribution in [2.24, 2.45) is 0 Å². The average molecular weight is 388 g/mol. The smallest absolute Gasteiger partial charge is 0.341 e. The van der Waals surface area contributed by atoms with Gasteiger partial charge in [0.15, 0.2) is 0 Å². The molecule has 0 unspecified atom stereocenters. The van der Waals surface area contributed by atoms with E-state index in [0.717, 1.165) is 10.4 Å². The molecule has 0 spiro atoms. The molecule has 1 aromatic heterocycles. The summed E-state index contributed by atoms with van der Waals surface area (Å²) in [5, 5.41) is 3.25. The molecule has 0 radical (unpaired) electrons. The van der Waals surface area contributed by atoms with Crippen molar-refractivity contribution in [3.05, 3.63) is 45.8 Å². The van der Waals surface area contributed by atoms with Crippen LogP contribution in [0.3, 0.4) is 0 Å². The Hall–Kier alpha value is -2.87. The highest BCUT2D eigenvalue weighted by molar-refractivity contribution is 7.17. The van der Waals surface area contributed by atoms with Gasteiger partial charge in [-0.2, -0.15) is 0 Å². The molecule has 3 rings (SSSR count). The van der Waals surface area contributed by atoms with Crippen LogP contribution in [-0.2, 0) is 22.5 Å². The maximum atomic E-state index is 12.7. The first-order chi connectivity index (χ1) is 12.9. The molecule has 2 heterocycles. The van der Waals surface area contributed by atoms with Gasteiger partial charge in [-0.1, -0.05) is 6.07 Å². The number of hydrogen-bond acceptors (Lipinski definition) is 6. The lowest BCUT2D eigenvalue weighted by molar-refractivity contribution is -0.129. The van der Waals surface area contributed by atoms with Crippen LogP contribution >= 0.6 is 11.3 Å². The van der Waals surface area contributed by atoms with Crippen LogP contribution in [0.2, 0.25) is 0 Å². The number of nitrogens with zero attached hydrogens (tertiary/aromatic N) is 1. The van der Waals surface area contributed by atoms with Gasteiger partial charge in [0.1, 0.15) is 10.8 Å². The number of ether oxygens (including phenoxy) is 2. The van der Waals surface area contributed by atoms with Crippen LogP contribution in [0.15, 0.2) is 24.3 Å². The Morgan fingerprint density at radius 1 is 1.22 bits per heavy atom. The van der Waals surface area contributed by atoms with Crippen LogP contribution in [-0.4, -0.2) is 43.4 Å². The Bertz CT molecular complexity index is 906. The first-order valence-corrected chi connectivity index (χ1v) is 9.20. The van der Waals surface area contributed by atoms with Crippen LogP contribution < -0.4 is 10.1 Å². The molecular weight excluding hydrogens is 368 g/mol. The van der Waals surface area contributed by atoms with Crippen LogP contribution in [0.5, 0.6) is 5.75 Å². The van der Waals surface area contributed by atoms with Crippen molar-refractivity contribution in [2.75, 3.05) is 26.1 Å². The summed E-state index contributed by atoms with van der Waals surface area (Å²) in [7, 11) is 2.84. The van der Waals surface area contributed by atoms with Gasteiger partial charge in [-0.3, -0.25) is 9.59 Å². The quantitative estimate of drug-likeness (QED) is 0.814. The highest BCUT2D eigenvalue weighted by Gasteiger charge is 2.30. The molecule has 8 heteroatoms. The van der Waals surface area contributed by atoms with E-state index in [4.69, 9.17) is 9.47 Å². The second kappa shape index (κ2) is 7.79. The molecule has 0 bridgehead atoms. The maximum Gasteiger partial charge on any atom is 0.341 e. The van der Waals surface area contributed by atoms with E-state index < -0.39 is 5.97 Å². The van der Waals surface area contributed by atoms with Gasteiger partial charge in [-0.05, 0) is 30.2 Å². The molecule has 2 aromatic rings. The van der Waals surface area contributed by atoms with Crippen molar-refractivity contribution in [1.29, 1.82) is 0 Å². The minimum Gasteiger partial charge on any atom is -0.497 e. The zero-order valence-corrected chi connectivity index (χ0v) is 16.1. The van der Waals surface area contributed by atoms with E-state index in [1.807, 2.05) is 0 Å². The van der Waals surface area contributed by atoms with Gasteiger partial charge in [0.05, 0.1) is 26.3 Å². The van der Waals surface area contributed by atoms with E-state index in [-0.39, 0.29) is 11.8 Å². The standard InChI is InChI=1S/C19H20N2O5S/c1-11(22)21-8-7-14-15(10-21)27-18(16(14)19(24)26-3)20-17(23)12-5-4-6-13(9-12)25-2/h4-6,9H,7-8,10H2,1-3H3,(H,20,23). The van der Waals surface area contributed by atoms with E-state index in [0.29, 0.717) is 41.4 Å². The van der Waals surface area contributed by atoms with Crippen LogP contribution in [0.25, 0.3) is 0 Å². The van der Waals surface area contributed by atoms with Crippen molar-refractivity contribution in [1.82, 2.24) is 4.90 Å². The zero-order chi connectivity index (χ0) is 19.6. The first kappa shape index (κ1) is 18.9. The fraction of sp³-hybridized carbons (Fsp3) is 0.316. The minimum absolute atomic E-state index is 0.0179. The normalized spacial score (nSPS) is 12.9. The number of rotatable bonds is 4. The Morgan fingerprint density at radius 2 is 2.00 bits per heavy atom. The van der Waals surface area contributed by atoms with E-state index in [1.54, 1.807) is 29.2 Å². The average Bonchev–Trinajstić information content (AvgIpc) is 3.04. The summed E-state index contributed by atoms with van der Waals surface area (Å²) in [4.78, 5) is 39.3. The summed E-state index contributed by atoms with van der Waals surface area (Å²) in [6, 6.07) is 6.76. The number of carbonyl (C=O) groups excluding carboxylic acids is 3. The lowest BCUT2D eigenvalue weighted by Crippen LogP contribution is -2.33. The number of esters is 1. The number of anilines is 1. The Kier molecular flexibility index (Phi) is 5.46. The van der Waals surface area contributed by atoms with E-state index in [1.165, 1.54) is 32.5 Å². The number of thiophene rings is 1. The van der Waals surface area contributed by atoms with Gasteiger partial charge in [0.25, 0.3) is 5.91 Å². The lowest BCUT2D eigenvalue weighted by atomic mass is 10.0. The second-order valence-corrected chi connectivity index (χ2v) is 7.18. The molecule has 142 valence electrons. The van der Waals surface area contributed by atoms with E-state index in [9.17, 15) is 14.4 Å². The minimum atomic E-state index is -0.496. The molecular formula is C19H20N2O5S. The van der Waals surface area contributed by atoms with E-state index >= 15 is 0 Å². The molecule has 1 N–H and O–H groups in total. The Balaban J connectivity index is 1.93. The van der Waals surface area contributed by atoms with Crippen LogP contribution in [0.1, 0.15) is 38.1 Å².